The number of phenolic OH excluding ortho intramolecular Hbond substituents is 1. The van der Waals surface area contributed by atoms with Crippen LogP contribution in [0.5, 0.6) is 5.75 Å². The maximum Gasteiger partial charge on any atom is 0.254 e. The Bertz CT molecular complexity index is 833. The van der Waals surface area contributed by atoms with Crippen LogP contribution in [0.25, 0.3) is 0 Å². The van der Waals surface area contributed by atoms with Gasteiger partial charge in [0.15, 0.2) is 0 Å². The van der Waals surface area contributed by atoms with Gasteiger partial charge in [-0.15, -0.1) is 0 Å². The number of nitrogens with one attached hydrogen (secondary N) is 1. The van der Waals surface area contributed by atoms with E-state index >= 15 is 0 Å². The number of hydrogen-bond donors (Lipinski definition) is 2. The summed E-state index contributed by atoms with van der Waals surface area (Å²) in [5, 5.41) is 12.7. The molecule has 0 aliphatic rings. The summed E-state index contributed by atoms with van der Waals surface area (Å²) in [6, 6.07) is 5.69. The molecule has 0 spiro atoms. The molecule has 7 heteroatoms. The SMILES string of the molecule is Cc1cc(O)cc(C)c1C[C@@H](CNC(=O)c1cc(Cl)c(Cl)cc1F)N(C)C. The number of carbonyl (C=O) groups is 1. The van der Waals surface area contributed by atoms with E-state index in [1.165, 1.54) is 6.07 Å². The lowest BCUT2D eigenvalue weighted by Crippen LogP contribution is -2.42. The first-order chi connectivity index (χ1) is 12.6. The highest BCUT2D eigenvalue weighted by molar-refractivity contribution is 6.42. The average Bonchev–Trinajstić information content (AvgIpc) is 2.56. The molecule has 0 aromatic heterocycles. The topological polar surface area (TPSA) is 52.6 Å². The van der Waals surface area contributed by atoms with E-state index < -0.39 is 11.7 Å². The van der Waals surface area contributed by atoms with Crippen LogP contribution >= 0.6 is 23.2 Å². The third-order valence-corrected chi connectivity index (χ3v) is 5.33. The molecule has 0 bridgehead atoms. The summed E-state index contributed by atoms with van der Waals surface area (Å²) in [5.41, 5.74) is 2.95. The minimum absolute atomic E-state index is 0.0123. The Morgan fingerprint density at radius 1 is 1.15 bits per heavy atom. The summed E-state index contributed by atoms with van der Waals surface area (Å²) in [5.74, 6) is -1.02. The highest BCUT2D eigenvalue weighted by Crippen LogP contribution is 2.25. The third-order valence-electron chi connectivity index (χ3n) is 4.60. The molecule has 2 aromatic rings. The van der Waals surface area contributed by atoms with Gasteiger partial charge in [-0.05, 0) is 75.3 Å². The summed E-state index contributed by atoms with van der Waals surface area (Å²) in [7, 11) is 3.84. The number of hydrogen-bond acceptors (Lipinski definition) is 3. The quantitative estimate of drug-likeness (QED) is 0.693. The third kappa shape index (κ3) is 5.34. The molecule has 0 aliphatic heterocycles. The number of rotatable bonds is 6. The smallest absolute Gasteiger partial charge is 0.254 e. The van der Waals surface area contributed by atoms with Crippen molar-refractivity contribution in [3.8, 4) is 5.75 Å². The van der Waals surface area contributed by atoms with Crippen molar-refractivity contribution >= 4 is 29.1 Å². The van der Waals surface area contributed by atoms with E-state index in [0.29, 0.717) is 13.0 Å². The van der Waals surface area contributed by atoms with E-state index in [0.717, 1.165) is 22.8 Å². The number of nitrogens with zero attached hydrogens (tertiary/aromatic N) is 1. The summed E-state index contributed by atoms with van der Waals surface area (Å²) in [6.45, 7) is 4.21. The molecular weight excluding hydrogens is 390 g/mol. The number of aromatic hydroxyl groups is 1. The van der Waals surface area contributed by atoms with E-state index in [1.807, 2.05) is 32.8 Å². The Morgan fingerprint density at radius 3 is 2.26 bits per heavy atom. The predicted octanol–water partition coefficient (Wildman–Crippen LogP) is 4.36. The summed E-state index contributed by atoms with van der Waals surface area (Å²) in [6.07, 6.45) is 0.676. The number of carbonyl (C=O) groups excluding carboxylic acids is 1. The Balaban J connectivity index is 2.14. The molecule has 0 unspecified atom stereocenters. The zero-order valence-electron chi connectivity index (χ0n) is 15.7. The molecule has 2 N–H and O–H groups in total. The Hall–Kier alpha value is -1.82. The second kappa shape index (κ2) is 8.91. The van der Waals surface area contributed by atoms with Gasteiger partial charge in [-0.25, -0.2) is 4.39 Å². The molecule has 0 saturated heterocycles. The van der Waals surface area contributed by atoms with Crippen LogP contribution in [0.2, 0.25) is 10.0 Å². The molecular formula is C20H23Cl2FN2O2. The van der Waals surface area contributed by atoms with Gasteiger partial charge in [0.1, 0.15) is 11.6 Å². The van der Waals surface area contributed by atoms with E-state index in [-0.39, 0.29) is 27.4 Å². The fourth-order valence-electron chi connectivity index (χ4n) is 2.97. The molecule has 146 valence electrons. The first kappa shape index (κ1) is 21.5. The van der Waals surface area contributed by atoms with Crippen molar-refractivity contribution in [2.24, 2.45) is 0 Å². The predicted molar refractivity (Wildman–Crippen MR) is 108 cm³/mol. The van der Waals surface area contributed by atoms with Gasteiger partial charge in [-0.1, -0.05) is 23.2 Å². The molecule has 0 heterocycles. The number of benzene rings is 2. The lowest BCUT2D eigenvalue weighted by Gasteiger charge is -2.26. The van der Waals surface area contributed by atoms with Crippen molar-refractivity contribution < 1.29 is 14.3 Å². The Kier molecular flexibility index (Phi) is 7.09. The number of likely N-dealkylation sites (N-methyl/N-ethyl adjacent to an activating group) is 1. The van der Waals surface area contributed by atoms with Crippen LogP contribution in [0, 0.1) is 19.7 Å². The van der Waals surface area contributed by atoms with E-state index in [9.17, 15) is 14.3 Å². The highest BCUT2D eigenvalue weighted by Gasteiger charge is 2.19. The van der Waals surface area contributed by atoms with E-state index in [1.54, 1.807) is 12.1 Å². The van der Waals surface area contributed by atoms with Crippen molar-refractivity contribution in [2.45, 2.75) is 26.3 Å². The van der Waals surface area contributed by atoms with Crippen molar-refractivity contribution in [2.75, 3.05) is 20.6 Å². The molecule has 0 aliphatic carbocycles. The summed E-state index contributed by atoms with van der Waals surface area (Å²) in [4.78, 5) is 14.4. The van der Waals surface area contributed by atoms with Crippen LogP contribution in [0.15, 0.2) is 24.3 Å². The lowest BCUT2D eigenvalue weighted by atomic mass is 9.95. The molecule has 1 atom stereocenters. The normalized spacial score (nSPS) is 12.3. The Labute approximate surface area is 168 Å². The van der Waals surface area contributed by atoms with Gasteiger partial charge in [0.05, 0.1) is 15.6 Å². The van der Waals surface area contributed by atoms with Crippen molar-refractivity contribution in [3.05, 3.63) is 62.4 Å². The minimum Gasteiger partial charge on any atom is -0.508 e. The zero-order chi connectivity index (χ0) is 20.3. The largest absolute Gasteiger partial charge is 0.508 e. The fourth-order valence-corrected chi connectivity index (χ4v) is 3.28. The second-order valence-corrected chi connectivity index (χ2v) is 7.65. The number of phenols is 1. The molecule has 1 amide bonds. The van der Waals surface area contributed by atoms with Crippen LogP contribution in [-0.4, -0.2) is 42.6 Å². The standard InChI is InChI=1S/C20H23Cl2FN2O2/c1-11-5-14(26)6-12(2)15(11)7-13(25(3)4)10-24-20(27)16-8-17(21)18(22)9-19(16)23/h5-6,8-9,13,26H,7,10H2,1-4H3,(H,24,27)/t13-/m0/s1. The minimum atomic E-state index is -0.714. The molecule has 4 nitrogen and oxygen atoms in total. The molecule has 0 radical (unpaired) electrons. The number of aryl methyl sites for hydroxylation is 2. The van der Waals surface area contributed by atoms with Crippen LogP contribution in [-0.2, 0) is 6.42 Å². The van der Waals surface area contributed by atoms with Gasteiger partial charge in [-0.3, -0.25) is 4.79 Å². The molecule has 0 saturated carbocycles. The van der Waals surface area contributed by atoms with Crippen molar-refractivity contribution in [1.82, 2.24) is 10.2 Å². The highest BCUT2D eigenvalue weighted by atomic mass is 35.5. The van der Waals surface area contributed by atoms with Gasteiger partial charge in [-0.2, -0.15) is 0 Å². The summed E-state index contributed by atoms with van der Waals surface area (Å²) >= 11 is 11.7. The average molecular weight is 413 g/mol. The van der Waals surface area contributed by atoms with E-state index in [2.05, 4.69) is 5.32 Å². The van der Waals surface area contributed by atoms with Crippen molar-refractivity contribution in [3.63, 3.8) is 0 Å². The molecule has 27 heavy (non-hydrogen) atoms. The Morgan fingerprint density at radius 2 is 1.70 bits per heavy atom. The first-order valence-corrected chi connectivity index (χ1v) is 9.24. The van der Waals surface area contributed by atoms with Gasteiger partial charge in [0.25, 0.3) is 5.91 Å². The van der Waals surface area contributed by atoms with Gasteiger partial charge >= 0.3 is 0 Å². The molecule has 2 rings (SSSR count). The monoisotopic (exact) mass is 412 g/mol. The first-order valence-electron chi connectivity index (χ1n) is 8.48. The van der Waals surface area contributed by atoms with Crippen LogP contribution in [0.4, 0.5) is 4.39 Å². The van der Waals surface area contributed by atoms with Gasteiger partial charge < -0.3 is 15.3 Å². The van der Waals surface area contributed by atoms with Crippen LogP contribution in [0.1, 0.15) is 27.0 Å². The van der Waals surface area contributed by atoms with Crippen molar-refractivity contribution in [1.29, 1.82) is 0 Å². The van der Waals surface area contributed by atoms with Gasteiger partial charge in [0, 0.05) is 12.6 Å². The van der Waals surface area contributed by atoms with Gasteiger partial charge in [0.2, 0.25) is 0 Å². The second-order valence-electron chi connectivity index (χ2n) is 6.84. The zero-order valence-corrected chi connectivity index (χ0v) is 17.2. The maximum atomic E-state index is 14.0. The van der Waals surface area contributed by atoms with Crippen LogP contribution in [0.3, 0.4) is 0 Å². The maximum absolute atomic E-state index is 14.0. The summed E-state index contributed by atoms with van der Waals surface area (Å²) < 4.78 is 14.0. The van der Waals surface area contributed by atoms with E-state index in [4.69, 9.17) is 23.2 Å². The fraction of sp³-hybridized carbons (Fsp3) is 0.350. The van der Waals surface area contributed by atoms with Crippen LogP contribution < -0.4 is 5.32 Å². The molecule has 0 fully saturated rings. The molecule has 2 aromatic carbocycles. The number of halogens is 3. The lowest BCUT2D eigenvalue weighted by molar-refractivity contribution is 0.0937. The number of amides is 1.